The van der Waals surface area contributed by atoms with Gasteiger partial charge in [-0.1, -0.05) is 12.1 Å². The number of methoxy groups -OCH3 is 1. The first kappa shape index (κ1) is 22.2. The highest BCUT2D eigenvalue weighted by Crippen LogP contribution is 2.38. The average Bonchev–Trinajstić information content (AvgIpc) is 2.83. The highest BCUT2D eigenvalue weighted by Gasteiger charge is 2.33. The Hall–Kier alpha value is -5.00. The second-order valence-corrected chi connectivity index (χ2v) is 7.21. The minimum absolute atomic E-state index is 0.241. The monoisotopic (exact) mass is 463 g/mol. The number of nitrogens with zero attached hydrogens (tertiary/aromatic N) is 3. The Morgan fingerprint density at radius 1 is 1.06 bits per heavy atom. The second kappa shape index (κ2) is 8.86. The van der Waals surface area contributed by atoms with E-state index in [-0.39, 0.29) is 17.8 Å². The number of benzene rings is 3. The maximum absolute atomic E-state index is 13.6. The first-order chi connectivity index (χ1) is 16.3. The number of hydrogen-bond donors (Lipinski definition) is 2. The van der Waals surface area contributed by atoms with Crippen molar-refractivity contribution >= 4 is 45.9 Å². The third-order valence-corrected chi connectivity index (χ3v) is 5.12. The van der Waals surface area contributed by atoms with Crippen LogP contribution in [0.4, 0.5) is 34.1 Å². The lowest BCUT2D eigenvalue weighted by Crippen LogP contribution is -2.42. The summed E-state index contributed by atoms with van der Waals surface area (Å²) in [5.74, 6) is -0.752. The van der Waals surface area contributed by atoms with Gasteiger partial charge in [0.05, 0.1) is 40.0 Å². The van der Waals surface area contributed by atoms with Crippen LogP contribution >= 0.6 is 0 Å². The lowest BCUT2D eigenvalue weighted by molar-refractivity contribution is -0.393. The van der Waals surface area contributed by atoms with Gasteiger partial charge in [-0.15, -0.1) is 0 Å². The Morgan fingerprint density at radius 3 is 2.41 bits per heavy atom. The number of anilines is 4. The van der Waals surface area contributed by atoms with Crippen LogP contribution in [-0.4, -0.2) is 35.3 Å². The number of nitrogens with one attached hydrogen (secondary N) is 2. The Labute approximate surface area is 192 Å². The van der Waals surface area contributed by atoms with Crippen molar-refractivity contribution in [3.63, 3.8) is 0 Å². The van der Waals surface area contributed by atoms with Crippen molar-refractivity contribution in [3.8, 4) is 5.75 Å². The van der Waals surface area contributed by atoms with Crippen molar-refractivity contribution < 1.29 is 24.2 Å². The second-order valence-electron chi connectivity index (χ2n) is 7.21. The molecule has 1 aliphatic heterocycles. The van der Waals surface area contributed by atoms with Crippen molar-refractivity contribution in [3.05, 3.63) is 86.5 Å². The van der Waals surface area contributed by atoms with Gasteiger partial charge in [-0.3, -0.25) is 34.7 Å². The molecule has 3 aromatic rings. The highest BCUT2D eigenvalue weighted by molar-refractivity contribution is 6.18. The fraction of sp³-hybridized carbons (Fsp3) is 0.0909. The minimum atomic E-state index is -0.822. The van der Waals surface area contributed by atoms with E-state index in [4.69, 9.17) is 4.74 Å². The summed E-state index contributed by atoms with van der Waals surface area (Å²) in [6.45, 7) is -0.367. The molecule has 0 bridgehead atoms. The number of amides is 2. The molecule has 172 valence electrons. The Kier molecular flexibility index (Phi) is 5.79. The topological polar surface area (TPSA) is 157 Å². The molecule has 2 amide bonds. The maximum atomic E-state index is 13.6. The SMILES string of the molecule is COc1ccc(Nc2c(C(=O)N3CC(=O)Nc4ccccc43)cc([N+](=O)[O-])cc2[N+](=O)[O-])cc1. The fourth-order valence-corrected chi connectivity index (χ4v) is 3.54. The first-order valence-corrected chi connectivity index (χ1v) is 9.87. The molecule has 1 aliphatic rings. The van der Waals surface area contributed by atoms with Crippen LogP contribution in [0.2, 0.25) is 0 Å². The van der Waals surface area contributed by atoms with E-state index in [9.17, 15) is 29.8 Å². The van der Waals surface area contributed by atoms with Crippen LogP contribution in [0, 0.1) is 20.2 Å². The van der Waals surface area contributed by atoms with Crippen LogP contribution in [0.25, 0.3) is 0 Å². The normalized spacial score (nSPS) is 12.4. The van der Waals surface area contributed by atoms with Crippen LogP contribution in [0.3, 0.4) is 0 Å². The zero-order valence-corrected chi connectivity index (χ0v) is 17.7. The zero-order chi connectivity index (χ0) is 24.4. The number of nitro benzene ring substituents is 2. The standard InChI is InChI=1S/C22H17N5O7/c1-34-15-8-6-13(7-9-15)23-21-16(10-14(26(30)31)11-19(21)27(32)33)22(29)25-12-20(28)24-17-4-2-3-5-18(17)25/h2-11,23H,12H2,1H3,(H,24,28). The molecule has 2 N–H and O–H groups in total. The summed E-state index contributed by atoms with van der Waals surface area (Å²) < 4.78 is 5.10. The molecular formula is C22H17N5O7. The van der Waals surface area contributed by atoms with E-state index in [1.807, 2.05) is 0 Å². The maximum Gasteiger partial charge on any atom is 0.300 e. The molecule has 1 heterocycles. The molecule has 0 spiro atoms. The van der Waals surface area contributed by atoms with Gasteiger partial charge < -0.3 is 15.4 Å². The average molecular weight is 463 g/mol. The third kappa shape index (κ3) is 4.19. The molecule has 3 aromatic carbocycles. The van der Waals surface area contributed by atoms with Gasteiger partial charge in [-0.2, -0.15) is 0 Å². The van der Waals surface area contributed by atoms with Gasteiger partial charge in [-0.25, -0.2) is 0 Å². The van der Waals surface area contributed by atoms with Gasteiger partial charge in [-0.05, 0) is 36.4 Å². The van der Waals surface area contributed by atoms with E-state index in [1.165, 1.54) is 7.11 Å². The summed E-state index contributed by atoms with van der Waals surface area (Å²) in [4.78, 5) is 48.6. The Balaban J connectivity index is 1.87. The Morgan fingerprint density at radius 2 is 1.76 bits per heavy atom. The van der Waals surface area contributed by atoms with Crippen molar-refractivity contribution in [2.24, 2.45) is 0 Å². The zero-order valence-electron chi connectivity index (χ0n) is 17.7. The molecule has 0 saturated carbocycles. The lowest BCUT2D eigenvalue weighted by atomic mass is 10.1. The number of ether oxygens (including phenoxy) is 1. The minimum Gasteiger partial charge on any atom is -0.497 e. The number of para-hydroxylation sites is 2. The van der Waals surface area contributed by atoms with E-state index in [1.54, 1.807) is 48.5 Å². The van der Waals surface area contributed by atoms with Gasteiger partial charge in [0.2, 0.25) is 5.91 Å². The van der Waals surface area contributed by atoms with Crippen molar-refractivity contribution in [1.29, 1.82) is 0 Å². The molecule has 12 nitrogen and oxygen atoms in total. The van der Waals surface area contributed by atoms with E-state index in [2.05, 4.69) is 10.6 Å². The van der Waals surface area contributed by atoms with Crippen molar-refractivity contribution in [2.45, 2.75) is 0 Å². The molecule has 0 saturated heterocycles. The summed E-state index contributed by atoms with van der Waals surface area (Å²) >= 11 is 0. The van der Waals surface area contributed by atoms with Crippen LogP contribution in [0.5, 0.6) is 5.75 Å². The van der Waals surface area contributed by atoms with Crippen LogP contribution in [-0.2, 0) is 4.79 Å². The van der Waals surface area contributed by atoms with E-state index >= 15 is 0 Å². The molecule has 0 fully saturated rings. The predicted octanol–water partition coefficient (Wildman–Crippen LogP) is 3.85. The summed E-state index contributed by atoms with van der Waals surface area (Å²) in [6, 6.07) is 14.6. The largest absolute Gasteiger partial charge is 0.497 e. The van der Waals surface area contributed by atoms with E-state index < -0.39 is 33.0 Å². The number of non-ortho nitro benzene ring substituents is 1. The number of rotatable bonds is 6. The molecule has 4 rings (SSSR count). The van der Waals surface area contributed by atoms with Gasteiger partial charge in [0, 0.05) is 11.8 Å². The number of carbonyl (C=O) groups is 2. The molecule has 0 radical (unpaired) electrons. The van der Waals surface area contributed by atoms with Crippen LogP contribution in [0.15, 0.2) is 60.7 Å². The molecular weight excluding hydrogens is 446 g/mol. The first-order valence-electron chi connectivity index (χ1n) is 9.87. The summed E-state index contributed by atoms with van der Waals surface area (Å²) in [5.41, 5.74) is -0.763. The molecule has 0 atom stereocenters. The van der Waals surface area contributed by atoms with Crippen molar-refractivity contribution in [2.75, 3.05) is 29.2 Å². The molecule has 0 aliphatic carbocycles. The summed E-state index contributed by atoms with van der Waals surface area (Å²) in [5, 5.41) is 28.8. The van der Waals surface area contributed by atoms with Gasteiger partial charge in [0.1, 0.15) is 18.0 Å². The van der Waals surface area contributed by atoms with Crippen LogP contribution in [0.1, 0.15) is 10.4 Å². The summed E-state index contributed by atoms with van der Waals surface area (Å²) in [7, 11) is 1.48. The summed E-state index contributed by atoms with van der Waals surface area (Å²) in [6.07, 6.45) is 0. The smallest absolute Gasteiger partial charge is 0.300 e. The Bertz CT molecular complexity index is 1320. The fourth-order valence-electron chi connectivity index (χ4n) is 3.54. The van der Waals surface area contributed by atoms with Gasteiger partial charge >= 0.3 is 0 Å². The predicted molar refractivity (Wildman–Crippen MR) is 123 cm³/mol. The highest BCUT2D eigenvalue weighted by atomic mass is 16.6. The number of hydrogen-bond acceptors (Lipinski definition) is 8. The third-order valence-electron chi connectivity index (χ3n) is 5.12. The molecule has 12 heteroatoms. The number of fused-ring (bicyclic) bond motifs is 1. The van der Waals surface area contributed by atoms with E-state index in [0.717, 1.165) is 17.0 Å². The molecule has 0 aromatic heterocycles. The number of carbonyl (C=O) groups excluding carboxylic acids is 2. The van der Waals surface area contributed by atoms with E-state index in [0.29, 0.717) is 22.8 Å². The molecule has 34 heavy (non-hydrogen) atoms. The lowest BCUT2D eigenvalue weighted by Gasteiger charge is -2.29. The van der Waals surface area contributed by atoms with Gasteiger partial charge in [0.25, 0.3) is 17.3 Å². The molecule has 0 unspecified atom stereocenters. The van der Waals surface area contributed by atoms with Crippen LogP contribution < -0.4 is 20.3 Å². The van der Waals surface area contributed by atoms with Gasteiger partial charge in [0.15, 0.2) is 0 Å². The number of nitro groups is 2. The van der Waals surface area contributed by atoms with Crippen molar-refractivity contribution in [1.82, 2.24) is 0 Å². The quantitative estimate of drug-likeness (QED) is 0.412.